The van der Waals surface area contributed by atoms with Crippen molar-refractivity contribution in [3.05, 3.63) is 78.4 Å². The Kier molecular flexibility index (Phi) is 4.81. The van der Waals surface area contributed by atoms with Crippen molar-refractivity contribution in [1.29, 1.82) is 0 Å². The largest absolute Gasteiger partial charge is 0.489 e. The summed E-state index contributed by atoms with van der Waals surface area (Å²) in [6, 6.07) is 16.4. The van der Waals surface area contributed by atoms with Gasteiger partial charge in [0.15, 0.2) is 0 Å². The molecule has 0 amide bonds. The highest BCUT2D eigenvalue weighted by molar-refractivity contribution is 7.97. The highest BCUT2D eigenvalue weighted by atomic mass is 32.2. The predicted octanol–water partition coefficient (Wildman–Crippen LogP) is 4.31. The first kappa shape index (κ1) is 14.7. The zero-order chi connectivity index (χ0) is 15.2. The molecule has 3 nitrogen and oxygen atoms in total. The van der Waals surface area contributed by atoms with E-state index in [2.05, 4.69) is 35.5 Å². The molecule has 0 aliphatic heterocycles. The zero-order valence-electron chi connectivity index (χ0n) is 12.5. The van der Waals surface area contributed by atoms with Crippen LogP contribution in [0.3, 0.4) is 0 Å². The minimum Gasteiger partial charge on any atom is -0.489 e. The van der Waals surface area contributed by atoms with Crippen molar-refractivity contribution in [3.8, 4) is 11.4 Å². The van der Waals surface area contributed by atoms with E-state index in [9.17, 15) is 0 Å². The lowest BCUT2D eigenvalue weighted by molar-refractivity contribution is 0.306. The fourth-order valence-electron chi connectivity index (χ4n) is 2.32. The molecule has 22 heavy (non-hydrogen) atoms. The van der Waals surface area contributed by atoms with Gasteiger partial charge in [0.1, 0.15) is 12.4 Å². The highest BCUT2D eigenvalue weighted by Crippen LogP contribution is 2.25. The molecular weight excluding hydrogens is 292 g/mol. The van der Waals surface area contributed by atoms with Crippen LogP contribution in [-0.2, 0) is 12.4 Å². The van der Waals surface area contributed by atoms with Crippen LogP contribution in [0, 0.1) is 0 Å². The number of aromatic nitrogens is 2. The van der Waals surface area contributed by atoms with Gasteiger partial charge in [0.2, 0.25) is 0 Å². The molecule has 0 aliphatic carbocycles. The number of hydrogen-bond acceptors (Lipinski definition) is 3. The molecule has 0 radical (unpaired) electrons. The average Bonchev–Trinajstić information content (AvgIpc) is 3.09. The third kappa shape index (κ3) is 3.52. The Morgan fingerprint density at radius 3 is 2.73 bits per heavy atom. The molecule has 0 saturated heterocycles. The number of hydrogen-bond donors (Lipinski definition) is 0. The van der Waals surface area contributed by atoms with Gasteiger partial charge in [-0.25, -0.2) is 4.98 Å². The SMILES string of the molecule is CSCc1cc(OCc2ccccc2)ccc1-n1ccnc1. The molecule has 0 spiro atoms. The van der Waals surface area contributed by atoms with Gasteiger partial charge in [-0.1, -0.05) is 30.3 Å². The monoisotopic (exact) mass is 310 g/mol. The van der Waals surface area contributed by atoms with E-state index in [0.29, 0.717) is 6.61 Å². The topological polar surface area (TPSA) is 27.1 Å². The molecule has 0 atom stereocenters. The maximum atomic E-state index is 5.92. The average molecular weight is 310 g/mol. The summed E-state index contributed by atoms with van der Waals surface area (Å²) in [6.45, 7) is 0.587. The third-order valence-corrected chi connectivity index (χ3v) is 3.98. The van der Waals surface area contributed by atoms with Gasteiger partial charge in [-0.15, -0.1) is 0 Å². The van der Waals surface area contributed by atoms with Crippen LogP contribution in [0.5, 0.6) is 5.75 Å². The smallest absolute Gasteiger partial charge is 0.120 e. The molecule has 0 unspecified atom stereocenters. The molecule has 0 fully saturated rings. The van der Waals surface area contributed by atoms with Gasteiger partial charge in [0.25, 0.3) is 0 Å². The van der Waals surface area contributed by atoms with Gasteiger partial charge in [-0.2, -0.15) is 11.8 Å². The van der Waals surface area contributed by atoms with Crippen LogP contribution >= 0.6 is 11.8 Å². The van der Waals surface area contributed by atoms with Crippen LogP contribution in [0.15, 0.2) is 67.3 Å². The Morgan fingerprint density at radius 1 is 1.14 bits per heavy atom. The lowest BCUT2D eigenvalue weighted by Crippen LogP contribution is -1.99. The second-order valence-electron chi connectivity index (χ2n) is 4.97. The van der Waals surface area contributed by atoms with E-state index in [1.807, 2.05) is 41.4 Å². The zero-order valence-corrected chi connectivity index (χ0v) is 13.3. The first-order valence-corrected chi connectivity index (χ1v) is 8.53. The van der Waals surface area contributed by atoms with Crippen molar-refractivity contribution in [1.82, 2.24) is 9.55 Å². The summed E-state index contributed by atoms with van der Waals surface area (Å²) in [5.74, 6) is 1.84. The van der Waals surface area contributed by atoms with Crippen LogP contribution in [0.25, 0.3) is 5.69 Å². The predicted molar refractivity (Wildman–Crippen MR) is 91.6 cm³/mol. The molecule has 3 rings (SSSR count). The number of thioether (sulfide) groups is 1. The minimum atomic E-state index is 0.587. The first-order valence-electron chi connectivity index (χ1n) is 7.14. The van der Waals surface area contributed by atoms with Crippen molar-refractivity contribution in [2.24, 2.45) is 0 Å². The Hall–Kier alpha value is -2.20. The normalized spacial score (nSPS) is 10.6. The fraction of sp³-hybridized carbons (Fsp3) is 0.167. The first-order chi connectivity index (χ1) is 10.9. The van der Waals surface area contributed by atoms with Crippen molar-refractivity contribution >= 4 is 11.8 Å². The fourth-order valence-corrected chi connectivity index (χ4v) is 2.86. The van der Waals surface area contributed by atoms with Crippen molar-refractivity contribution < 1.29 is 4.74 Å². The molecule has 3 aromatic rings. The summed E-state index contributed by atoms with van der Waals surface area (Å²) in [5, 5.41) is 0. The maximum absolute atomic E-state index is 5.92. The number of imidazole rings is 1. The van der Waals surface area contributed by atoms with E-state index in [0.717, 1.165) is 17.2 Å². The Labute approximate surface area is 135 Å². The van der Waals surface area contributed by atoms with Crippen molar-refractivity contribution in [2.75, 3.05) is 6.26 Å². The molecule has 0 saturated carbocycles. The van der Waals surface area contributed by atoms with E-state index in [1.165, 1.54) is 11.1 Å². The summed E-state index contributed by atoms with van der Waals surface area (Å²) in [7, 11) is 0. The molecule has 1 heterocycles. The van der Waals surface area contributed by atoms with E-state index >= 15 is 0 Å². The number of nitrogens with zero attached hydrogens (tertiary/aromatic N) is 2. The standard InChI is InChI=1S/C18H18N2OS/c1-22-13-16-11-17(21-12-15-5-3-2-4-6-15)7-8-18(16)20-10-9-19-14-20/h2-11,14H,12-13H2,1H3. The summed E-state index contributed by atoms with van der Waals surface area (Å²) in [6.07, 6.45) is 7.69. The van der Waals surface area contributed by atoms with Crippen molar-refractivity contribution in [2.45, 2.75) is 12.4 Å². The molecule has 1 aromatic heterocycles. The highest BCUT2D eigenvalue weighted by Gasteiger charge is 2.06. The maximum Gasteiger partial charge on any atom is 0.120 e. The molecule has 0 bridgehead atoms. The van der Waals surface area contributed by atoms with Crippen LogP contribution in [0.4, 0.5) is 0 Å². The van der Waals surface area contributed by atoms with E-state index in [-0.39, 0.29) is 0 Å². The number of rotatable bonds is 6. The van der Waals surface area contributed by atoms with Crippen LogP contribution in [0.2, 0.25) is 0 Å². The van der Waals surface area contributed by atoms with Gasteiger partial charge >= 0.3 is 0 Å². The summed E-state index contributed by atoms with van der Waals surface area (Å²) in [4.78, 5) is 4.12. The second-order valence-corrected chi connectivity index (χ2v) is 5.83. The van der Waals surface area contributed by atoms with Gasteiger partial charge in [0.05, 0.1) is 12.0 Å². The number of benzene rings is 2. The van der Waals surface area contributed by atoms with E-state index in [4.69, 9.17) is 4.74 Å². The third-order valence-electron chi connectivity index (χ3n) is 3.38. The van der Waals surface area contributed by atoms with E-state index < -0.39 is 0 Å². The quantitative estimate of drug-likeness (QED) is 0.678. The second kappa shape index (κ2) is 7.18. The lowest BCUT2D eigenvalue weighted by atomic mass is 10.2. The molecule has 0 aliphatic rings. The van der Waals surface area contributed by atoms with Crippen LogP contribution in [-0.4, -0.2) is 15.8 Å². The van der Waals surface area contributed by atoms with Crippen LogP contribution in [0.1, 0.15) is 11.1 Å². The molecule has 0 N–H and O–H groups in total. The van der Waals surface area contributed by atoms with E-state index in [1.54, 1.807) is 18.0 Å². The summed E-state index contributed by atoms with van der Waals surface area (Å²) in [5.41, 5.74) is 3.57. The lowest BCUT2D eigenvalue weighted by Gasteiger charge is -2.13. The molecular formula is C18H18N2OS. The molecule has 112 valence electrons. The van der Waals surface area contributed by atoms with Gasteiger partial charge in [-0.3, -0.25) is 0 Å². The number of ether oxygens (including phenoxy) is 1. The Balaban J connectivity index is 1.80. The van der Waals surface area contributed by atoms with Crippen molar-refractivity contribution in [3.63, 3.8) is 0 Å². The van der Waals surface area contributed by atoms with Gasteiger partial charge in [-0.05, 0) is 35.6 Å². The Bertz CT molecular complexity index is 711. The van der Waals surface area contributed by atoms with Crippen LogP contribution < -0.4 is 4.74 Å². The van der Waals surface area contributed by atoms with Gasteiger partial charge in [0, 0.05) is 18.1 Å². The molecule has 2 aromatic carbocycles. The Morgan fingerprint density at radius 2 is 2.00 bits per heavy atom. The summed E-state index contributed by atoms with van der Waals surface area (Å²) < 4.78 is 7.95. The minimum absolute atomic E-state index is 0.587. The molecule has 4 heteroatoms. The summed E-state index contributed by atoms with van der Waals surface area (Å²) >= 11 is 1.80. The van der Waals surface area contributed by atoms with Gasteiger partial charge < -0.3 is 9.30 Å².